The highest BCUT2D eigenvalue weighted by atomic mass is 32.2. The molecule has 0 atom stereocenters. The van der Waals surface area contributed by atoms with E-state index in [4.69, 9.17) is 4.84 Å². The molecule has 37 heavy (non-hydrogen) atoms. The van der Waals surface area contributed by atoms with E-state index in [2.05, 4.69) is 4.72 Å². The summed E-state index contributed by atoms with van der Waals surface area (Å²) >= 11 is 0. The summed E-state index contributed by atoms with van der Waals surface area (Å²) in [5, 5.41) is 2.97. The van der Waals surface area contributed by atoms with Crippen LogP contribution in [0.25, 0.3) is 10.8 Å². The molecule has 3 aromatic carbocycles. The molecule has 0 aliphatic carbocycles. The first-order valence-corrected chi connectivity index (χ1v) is 13.8. The van der Waals surface area contributed by atoms with Crippen molar-refractivity contribution < 1.29 is 22.4 Å². The van der Waals surface area contributed by atoms with E-state index < -0.39 is 15.6 Å². The number of fused-ring (bicyclic) bond motifs is 1. The standard InChI is InChI=1S/C28H36FN3O4S/c1-28(2,3)36-32(21-33)20-25-12-11-22(18-27(25)29)8-7-16-31(4)17-15-30-37(34,35)26-14-13-23-9-5-6-10-24(23)19-26/h5-6,9-14,18-19,21,30H,7-8,15-17,20H2,1-4H3. The van der Waals surface area contributed by atoms with Gasteiger partial charge in [-0.15, -0.1) is 0 Å². The molecule has 0 fully saturated rings. The summed E-state index contributed by atoms with van der Waals surface area (Å²) in [5.41, 5.74) is 0.691. The van der Waals surface area contributed by atoms with Gasteiger partial charge in [0, 0.05) is 18.7 Å². The van der Waals surface area contributed by atoms with Gasteiger partial charge in [0.1, 0.15) is 5.82 Å². The van der Waals surface area contributed by atoms with Gasteiger partial charge in [-0.1, -0.05) is 42.5 Å². The molecular weight excluding hydrogens is 493 g/mol. The number of halogens is 1. The first-order chi connectivity index (χ1) is 17.5. The number of amides is 1. The van der Waals surface area contributed by atoms with Gasteiger partial charge in [0.2, 0.25) is 16.4 Å². The minimum Gasteiger partial charge on any atom is -0.305 e. The van der Waals surface area contributed by atoms with Crippen LogP contribution in [0.1, 0.15) is 38.3 Å². The van der Waals surface area contributed by atoms with Crippen LogP contribution in [0.15, 0.2) is 65.6 Å². The third-order valence-electron chi connectivity index (χ3n) is 5.77. The van der Waals surface area contributed by atoms with Crippen LogP contribution >= 0.6 is 0 Å². The van der Waals surface area contributed by atoms with Gasteiger partial charge in [-0.3, -0.25) is 9.63 Å². The molecule has 0 aliphatic rings. The van der Waals surface area contributed by atoms with E-state index in [0.29, 0.717) is 31.5 Å². The number of hydrogen-bond donors (Lipinski definition) is 1. The lowest BCUT2D eigenvalue weighted by molar-refractivity contribution is -0.220. The zero-order valence-corrected chi connectivity index (χ0v) is 22.7. The summed E-state index contributed by atoms with van der Waals surface area (Å²) in [7, 11) is -1.67. The molecule has 3 aromatic rings. The maximum Gasteiger partial charge on any atom is 0.240 e. The highest BCUT2D eigenvalue weighted by Crippen LogP contribution is 2.19. The molecule has 0 saturated heterocycles. The predicted molar refractivity (Wildman–Crippen MR) is 144 cm³/mol. The van der Waals surface area contributed by atoms with Gasteiger partial charge in [0.05, 0.1) is 17.0 Å². The van der Waals surface area contributed by atoms with E-state index in [-0.39, 0.29) is 17.3 Å². The number of aryl methyl sites for hydroxylation is 1. The quantitative estimate of drug-likeness (QED) is 0.260. The van der Waals surface area contributed by atoms with Gasteiger partial charge >= 0.3 is 0 Å². The van der Waals surface area contributed by atoms with Crippen molar-refractivity contribution in [1.82, 2.24) is 14.7 Å². The Morgan fingerprint density at radius 1 is 1.00 bits per heavy atom. The minimum absolute atomic E-state index is 0.0325. The number of hydrogen-bond acceptors (Lipinski definition) is 5. The topological polar surface area (TPSA) is 79.0 Å². The smallest absolute Gasteiger partial charge is 0.240 e. The van der Waals surface area contributed by atoms with Crippen LogP contribution < -0.4 is 4.72 Å². The van der Waals surface area contributed by atoms with E-state index in [9.17, 15) is 17.6 Å². The van der Waals surface area contributed by atoms with Crippen molar-refractivity contribution in [1.29, 1.82) is 0 Å². The Balaban J connectivity index is 1.43. The van der Waals surface area contributed by atoms with Crippen LogP contribution in [0.5, 0.6) is 0 Å². The lowest BCUT2D eigenvalue weighted by Gasteiger charge is -2.26. The number of sulfonamides is 1. The van der Waals surface area contributed by atoms with Crippen LogP contribution in [-0.2, 0) is 32.6 Å². The Labute approximate surface area is 219 Å². The van der Waals surface area contributed by atoms with Gasteiger partial charge in [-0.25, -0.2) is 22.6 Å². The molecule has 0 aromatic heterocycles. The zero-order chi connectivity index (χ0) is 27.1. The maximum atomic E-state index is 14.6. The normalized spacial score (nSPS) is 12.3. The van der Waals surface area contributed by atoms with Crippen molar-refractivity contribution in [2.75, 3.05) is 26.7 Å². The summed E-state index contributed by atoms with van der Waals surface area (Å²) in [4.78, 5) is 19.1. The van der Waals surface area contributed by atoms with Crippen molar-refractivity contribution in [3.63, 3.8) is 0 Å². The first kappa shape index (κ1) is 28.7. The fourth-order valence-corrected chi connectivity index (χ4v) is 4.99. The second-order valence-corrected chi connectivity index (χ2v) is 11.9. The lowest BCUT2D eigenvalue weighted by Crippen LogP contribution is -2.33. The second kappa shape index (κ2) is 12.6. The number of likely N-dealkylation sites (N-methyl/N-ethyl adjacent to an activating group) is 1. The van der Waals surface area contributed by atoms with Gasteiger partial charge in [-0.2, -0.15) is 0 Å². The van der Waals surface area contributed by atoms with Crippen LogP contribution in [0.3, 0.4) is 0 Å². The number of nitrogens with one attached hydrogen (secondary N) is 1. The van der Waals surface area contributed by atoms with Crippen molar-refractivity contribution in [3.8, 4) is 0 Å². The number of benzene rings is 3. The summed E-state index contributed by atoms with van der Waals surface area (Å²) in [6.45, 7) is 7.07. The molecule has 0 heterocycles. The Morgan fingerprint density at radius 3 is 2.41 bits per heavy atom. The first-order valence-electron chi connectivity index (χ1n) is 12.3. The fraction of sp³-hybridized carbons (Fsp3) is 0.393. The van der Waals surface area contributed by atoms with Crippen LogP contribution in [0.4, 0.5) is 4.39 Å². The van der Waals surface area contributed by atoms with E-state index in [1.807, 2.05) is 69.1 Å². The zero-order valence-electron chi connectivity index (χ0n) is 21.9. The molecule has 3 rings (SSSR count). The third kappa shape index (κ3) is 8.89. The summed E-state index contributed by atoms with van der Waals surface area (Å²) < 4.78 is 42.6. The molecule has 200 valence electrons. The van der Waals surface area contributed by atoms with Gasteiger partial charge in [0.25, 0.3) is 0 Å². The monoisotopic (exact) mass is 529 g/mol. The molecular formula is C28H36FN3O4S. The number of carbonyl (C=O) groups is 1. The molecule has 7 nitrogen and oxygen atoms in total. The maximum absolute atomic E-state index is 14.6. The van der Waals surface area contributed by atoms with Crippen molar-refractivity contribution in [3.05, 3.63) is 77.6 Å². The molecule has 1 N–H and O–H groups in total. The average Bonchev–Trinajstić information content (AvgIpc) is 2.84. The lowest BCUT2D eigenvalue weighted by atomic mass is 10.1. The second-order valence-electron chi connectivity index (χ2n) is 10.1. The number of nitrogens with zero attached hydrogens (tertiary/aromatic N) is 2. The molecule has 0 radical (unpaired) electrons. The van der Waals surface area contributed by atoms with Crippen molar-refractivity contribution >= 4 is 27.2 Å². The molecule has 1 amide bonds. The Kier molecular flexibility index (Phi) is 9.78. The Hall–Kier alpha value is -2.85. The molecule has 0 bridgehead atoms. The largest absolute Gasteiger partial charge is 0.305 e. The molecule has 9 heteroatoms. The minimum atomic E-state index is -3.59. The van der Waals surface area contributed by atoms with Crippen molar-refractivity contribution in [2.45, 2.75) is 50.7 Å². The number of hydroxylamine groups is 2. The van der Waals surface area contributed by atoms with Crippen LogP contribution in [0.2, 0.25) is 0 Å². The van der Waals surface area contributed by atoms with Crippen LogP contribution in [0, 0.1) is 5.82 Å². The van der Waals surface area contributed by atoms with E-state index in [0.717, 1.165) is 34.4 Å². The van der Waals surface area contributed by atoms with Crippen LogP contribution in [-0.4, -0.2) is 57.1 Å². The average molecular weight is 530 g/mol. The fourth-order valence-electron chi connectivity index (χ4n) is 3.94. The van der Waals surface area contributed by atoms with E-state index >= 15 is 0 Å². The highest BCUT2D eigenvalue weighted by Gasteiger charge is 2.18. The SMILES string of the molecule is CN(CCCc1ccc(CN(C=O)OC(C)(C)C)c(F)c1)CCNS(=O)(=O)c1ccc2ccccc2c1. The summed E-state index contributed by atoms with van der Waals surface area (Å²) in [6.07, 6.45) is 2.02. The van der Waals surface area contributed by atoms with Gasteiger partial charge in [-0.05, 0) is 81.7 Å². The number of rotatable bonds is 13. The molecule has 0 spiro atoms. The molecule has 0 aliphatic heterocycles. The predicted octanol–water partition coefficient (Wildman–Crippen LogP) is 4.51. The Morgan fingerprint density at radius 2 is 1.73 bits per heavy atom. The van der Waals surface area contributed by atoms with Gasteiger partial charge in [0.15, 0.2) is 0 Å². The molecule has 0 unspecified atom stereocenters. The van der Waals surface area contributed by atoms with E-state index in [1.54, 1.807) is 18.2 Å². The van der Waals surface area contributed by atoms with E-state index in [1.165, 1.54) is 6.07 Å². The highest BCUT2D eigenvalue weighted by molar-refractivity contribution is 7.89. The van der Waals surface area contributed by atoms with Gasteiger partial charge < -0.3 is 4.90 Å². The summed E-state index contributed by atoms with van der Waals surface area (Å²) in [6, 6.07) is 17.8. The molecule has 0 saturated carbocycles. The summed E-state index contributed by atoms with van der Waals surface area (Å²) in [5.74, 6) is -0.377. The van der Waals surface area contributed by atoms with Crippen molar-refractivity contribution in [2.24, 2.45) is 0 Å². The third-order valence-corrected chi connectivity index (χ3v) is 7.23. The Bertz CT molecular complexity index is 1310. The number of carbonyl (C=O) groups excluding carboxylic acids is 1.